The molecule has 54 heavy (non-hydrogen) atoms. The molecule has 0 aromatic carbocycles. The van der Waals surface area contributed by atoms with Crippen LogP contribution < -0.4 is 4.89 Å². The summed E-state index contributed by atoms with van der Waals surface area (Å²) in [5.74, 6) is -0.363. The highest BCUT2D eigenvalue weighted by Crippen LogP contribution is 2.38. The third-order valence-electron chi connectivity index (χ3n) is 9.16. The van der Waals surface area contributed by atoms with Crippen LogP contribution in [0.4, 0.5) is 0 Å². The minimum Gasteiger partial charge on any atom is -0.756 e. The molecule has 0 aliphatic heterocycles. The summed E-state index contributed by atoms with van der Waals surface area (Å²) in [6, 6.07) is 0. The number of hydrogen-bond donors (Lipinski definition) is 0. The van der Waals surface area contributed by atoms with Gasteiger partial charge >= 0.3 is 5.97 Å². The largest absolute Gasteiger partial charge is 0.756 e. The van der Waals surface area contributed by atoms with Crippen molar-refractivity contribution in [2.24, 2.45) is 0 Å². The lowest BCUT2D eigenvalue weighted by atomic mass is 10.0. The summed E-state index contributed by atoms with van der Waals surface area (Å²) < 4.78 is 34.6. The minimum absolute atomic E-state index is 0.0223. The van der Waals surface area contributed by atoms with E-state index in [1.807, 2.05) is 21.1 Å². The molecule has 0 saturated heterocycles. The SMILES string of the molecule is CCCCC/C=C/C/C=C/C/C=C/C/C=C/CCCC(=O)OC(CCOCCCCCCCCCCCCCCCC)COP(=O)([O-])OCC[N+](C)(C)C. The maximum atomic E-state index is 12.7. The van der Waals surface area contributed by atoms with Crippen LogP contribution in [0.5, 0.6) is 0 Å². The van der Waals surface area contributed by atoms with Crippen molar-refractivity contribution in [3.63, 3.8) is 0 Å². The molecule has 0 aromatic rings. The highest BCUT2D eigenvalue weighted by Gasteiger charge is 2.20. The Kier molecular flexibility index (Phi) is 37.2. The average Bonchev–Trinajstić information content (AvgIpc) is 3.12. The van der Waals surface area contributed by atoms with Gasteiger partial charge in [-0.25, -0.2) is 0 Å². The van der Waals surface area contributed by atoms with Gasteiger partial charge in [-0.3, -0.25) is 9.36 Å². The van der Waals surface area contributed by atoms with Crippen molar-refractivity contribution in [1.29, 1.82) is 0 Å². The van der Waals surface area contributed by atoms with Crippen molar-refractivity contribution in [1.82, 2.24) is 0 Å². The molecule has 2 unspecified atom stereocenters. The van der Waals surface area contributed by atoms with Crippen molar-refractivity contribution in [2.75, 3.05) is 54.1 Å². The maximum absolute atomic E-state index is 12.7. The molecular formula is C45H84NO7P. The van der Waals surface area contributed by atoms with Crippen LogP contribution in [0.25, 0.3) is 0 Å². The van der Waals surface area contributed by atoms with E-state index in [4.69, 9.17) is 18.5 Å². The number of quaternary nitrogens is 1. The monoisotopic (exact) mass is 782 g/mol. The van der Waals surface area contributed by atoms with Gasteiger partial charge in [0, 0.05) is 19.4 Å². The first-order valence-electron chi connectivity index (χ1n) is 21.9. The van der Waals surface area contributed by atoms with E-state index in [0.29, 0.717) is 37.1 Å². The Morgan fingerprint density at radius 2 is 1.06 bits per heavy atom. The van der Waals surface area contributed by atoms with Crippen LogP contribution in [0.3, 0.4) is 0 Å². The zero-order chi connectivity index (χ0) is 39.9. The van der Waals surface area contributed by atoms with Crippen molar-refractivity contribution in [2.45, 2.75) is 180 Å². The summed E-state index contributed by atoms with van der Waals surface area (Å²) in [6.45, 7) is 5.76. The van der Waals surface area contributed by atoms with Gasteiger partial charge in [0.1, 0.15) is 19.3 Å². The van der Waals surface area contributed by atoms with Crippen LogP contribution in [-0.2, 0) is 27.9 Å². The molecule has 316 valence electrons. The average molecular weight is 782 g/mol. The number of carbonyl (C=O) groups is 1. The van der Waals surface area contributed by atoms with Crippen LogP contribution in [0.15, 0.2) is 48.6 Å². The minimum atomic E-state index is -4.52. The first kappa shape index (κ1) is 52.5. The van der Waals surface area contributed by atoms with Crippen molar-refractivity contribution >= 4 is 13.8 Å². The van der Waals surface area contributed by atoms with Gasteiger partial charge in [0.25, 0.3) is 7.82 Å². The van der Waals surface area contributed by atoms with Crippen molar-refractivity contribution < 1.29 is 37.3 Å². The third kappa shape index (κ3) is 41.6. The summed E-state index contributed by atoms with van der Waals surface area (Å²) in [5, 5.41) is 0. The lowest BCUT2D eigenvalue weighted by Gasteiger charge is -2.28. The van der Waals surface area contributed by atoms with Crippen LogP contribution in [0.2, 0.25) is 0 Å². The second kappa shape index (κ2) is 38.3. The number of esters is 1. The first-order chi connectivity index (χ1) is 26.1. The van der Waals surface area contributed by atoms with Crippen molar-refractivity contribution in [3.05, 3.63) is 48.6 Å². The summed E-state index contributed by atoms with van der Waals surface area (Å²) in [4.78, 5) is 25.0. The van der Waals surface area contributed by atoms with Crippen LogP contribution in [-0.4, -0.2) is 70.7 Å². The van der Waals surface area contributed by atoms with Crippen LogP contribution in [0.1, 0.15) is 174 Å². The number of phosphoric acid groups is 1. The van der Waals surface area contributed by atoms with Gasteiger partial charge in [-0.2, -0.15) is 0 Å². The number of ether oxygens (including phenoxy) is 2. The molecule has 0 heterocycles. The second-order valence-electron chi connectivity index (χ2n) is 15.7. The van der Waals surface area contributed by atoms with E-state index in [1.54, 1.807) is 0 Å². The van der Waals surface area contributed by atoms with Gasteiger partial charge in [-0.15, -0.1) is 0 Å². The van der Waals surface area contributed by atoms with Crippen LogP contribution >= 0.6 is 7.82 Å². The Morgan fingerprint density at radius 1 is 0.593 bits per heavy atom. The van der Waals surface area contributed by atoms with E-state index in [0.717, 1.165) is 38.5 Å². The normalized spacial score (nSPS) is 14.3. The standard InChI is InChI=1S/C45H84NO7P/c1-6-8-10-12-14-16-18-20-22-23-24-25-27-29-31-33-35-37-45(47)53-44(43-52-54(48,49)51-42-39-46(3,4)5)38-41-50-40-36-34-32-30-28-26-21-19-17-15-13-11-9-7-2/h14,16,20,22,24-25,29,31,44H,6-13,15,17-19,21,23,26-28,30,32-43H2,1-5H3/b16-14+,22-20+,25-24+,31-29+. The topological polar surface area (TPSA) is 94.1 Å². The predicted octanol–water partition coefficient (Wildman–Crippen LogP) is 12.1. The molecule has 8 nitrogen and oxygen atoms in total. The van der Waals surface area contributed by atoms with E-state index in [9.17, 15) is 14.3 Å². The number of carbonyl (C=O) groups excluding carboxylic acids is 1. The summed E-state index contributed by atoms with van der Waals surface area (Å²) in [6.07, 6.45) is 44.9. The molecule has 0 fully saturated rings. The van der Waals surface area contributed by atoms with E-state index >= 15 is 0 Å². The molecule has 0 radical (unpaired) electrons. The number of unbranched alkanes of at least 4 members (excludes halogenated alkanes) is 17. The molecule has 9 heteroatoms. The van der Waals surface area contributed by atoms with Gasteiger partial charge < -0.3 is 27.9 Å². The number of nitrogens with zero attached hydrogens (tertiary/aromatic N) is 1. The molecule has 0 aliphatic rings. The number of rotatable bonds is 40. The second-order valence-corrected chi connectivity index (χ2v) is 17.1. The van der Waals surface area contributed by atoms with Gasteiger partial charge in [-0.05, 0) is 51.4 Å². The summed E-state index contributed by atoms with van der Waals surface area (Å²) in [5.41, 5.74) is 0. The van der Waals surface area contributed by atoms with Crippen LogP contribution in [0, 0.1) is 0 Å². The maximum Gasteiger partial charge on any atom is 0.306 e. The number of allylic oxidation sites excluding steroid dienone is 8. The Hall–Kier alpha value is -1.54. The fourth-order valence-electron chi connectivity index (χ4n) is 5.70. The Labute approximate surface area is 333 Å². The predicted molar refractivity (Wildman–Crippen MR) is 226 cm³/mol. The van der Waals surface area contributed by atoms with Crippen molar-refractivity contribution in [3.8, 4) is 0 Å². The molecule has 2 atom stereocenters. The smallest absolute Gasteiger partial charge is 0.306 e. The van der Waals surface area contributed by atoms with E-state index < -0.39 is 13.9 Å². The van der Waals surface area contributed by atoms with E-state index in [-0.39, 0.29) is 25.6 Å². The van der Waals surface area contributed by atoms with E-state index in [2.05, 4.69) is 62.5 Å². The molecular weight excluding hydrogens is 697 g/mol. The zero-order valence-electron chi connectivity index (χ0n) is 35.7. The van der Waals surface area contributed by atoms with E-state index in [1.165, 1.54) is 103 Å². The summed E-state index contributed by atoms with van der Waals surface area (Å²) in [7, 11) is 1.34. The molecule has 0 rings (SSSR count). The molecule has 0 aromatic heterocycles. The number of hydrogen-bond acceptors (Lipinski definition) is 7. The Bertz CT molecular complexity index is 1000. The van der Waals surface area contributed by atoms with Gasteiger partial charge in [0.05, 0.1) is 34.4 Å². The van der Waals surface area contributed by atoms with Gasteiger partial charge in [-0.1, -0.05) is 159 Å². The quantitative estimate of drug-likeness (QED) is 0.0201. The molecule has 0 saturated carbocycles. The Morgan fingerprint density at radius 3 is 1.57 bits per heavy atom. The Balaban J connectivity index is 4.34. The zero-order valence-corrected chi connectivity index (χ0v) is 36.6. The number of likely N-dealkylation sites (N-methyl/N-ethyl adjacent to an activating group) is 1. The van der Waals surface area contributed by atoms with Gasteiger partial charge in [0.15, 0.2) is 0 Å². The molecule has 0 amide bonds. The molecule has 0 spiro atoms. The molecule has 0 bridgehead atoms. The highest BCUT2D eigenvalue weighted by molar-refractivity contribution is 7.45. The fraction of sp³-hybridized carbons (Fsp3) is 0.800. The first-order valence-corrected chi connectivity index (χ1v) is 23.3. The molecule has 0 aliphatic carbocycles. The lowest BCUT2D eigenvalue weighted by Crippen LogP contribution is -2.37. The highest BCUT2D eigenvalue weighted by atomic mass is 31.2. The fourth-order valence-corrected chi connectivity index (χ4v) is 6.43. The third-order valence-corrected chi connectivity index (χ3v) is 10.1. The van der Waals surface area contributed by atoms with Gasteiger partial charge in [0.2, 0.25) is 0 Å². The summed E-state index contributed by atoms with van der Waals surface area (Å²) >= 11 is 0. The number of phosphoric ester groups is 1. The molecule has 0 N–H and O–H groups in total. The lowest BCUT2D eigenvalue weighted by molar-refractivity contribution is -0.870.